The Kier molecular flexibility index (Phi) is 10.3. The van der Waals surface area contributed by atoms with E-state index in [9.17, 15) is 24.0 Å². The molecule has 5 aliphatic heterocycles. The lowest BCUT2D eigenvalue weighted by atomic mass is 9.72. The third-order valence-electron chi connectivity index (χ3n) is 12.9. The van der Waals surface area contributed by atoms with E-state index < -0.39 is 29.7 Å². The number of benzene rings is 2. The van der Waals surface area contributed by atoms with Crippen molar-refractivity contribution in [1.82, 2.24) is 30.6 Å². The van der Waals surface area contributed by atoms with Gasteiger partial charge in [-0.2, -0.15) is 5.26 Å². The van der Waals surface area contributed by atoms with E-state index in [1.54, 1.807) is 30.3 Å². The van der Waals surface area contributed by atoms with E-state index in [-0.39, 0.29) is 36.3 Å². The molecule has 1 aliphatic carbocycles. The van der Waals surface area contributed by atoms with Crippen molar-refractivity contribution in [2.24, 2.45) is 5.41 Å². The number of carbonyl (C=O) groups is 5. The minimum absolute atomic E-state index is 0.0260. The molecule has 1 spiro atoms. The summed E-state index contributed by atoms with van der Waals surface area (Å²) in [4.78, 5) is 71.8. The molecule has 17 heteroatoms. The number of piperidine rings is 3. The van der Waals surface area contributed by atoms with Gasteiger partial charge in [-0.15, -0.1) is 10.2 Å². The summed E-state index contributed by atoms with van der Waals surface area (Å²) in [5.74, 6) is -1.50. The van der Waals surface area contributed by atoms with Crippen LogP contribution in [0, 0.1) is 16.7 Å². The molecule has 1 saturated carbocycles. The van der Waals surface area contributed by atoms with Crippen LogP contribution < -0.4 is 25.2 Å². The van der Waals surface area contributed by atoms with Crippen LogP contribution in [0.3, 0.4) is 0 Å². The molecule has 5 amide bonds. The zero-order chi connectivity index (χ0) is 40.1. The van der Waals surface area contributed by atoms with Gasteiger partial charge in [-0.3, -0.25) is 34.2 Å². The van der Waals surface area contributed by atoms with Crippen molar-refractivity contribution in [3.63, 3.8) is 0 Å². The number of likely N-dealkylation sites (tertiary alicyclic amines) is 1. The number of hydrogen-bond acceptors (Lipinski definition) is 13. The normalized spacial score (nSPS) is 25.0. The second-order valence-electron chi connectivity index (χ2n) is 16.5. The molecule has 1 unspecified atom stereocenters. The van der Waals surface area contributed by atoms with E-state index in [4.69, 9.17) is 21.6 Å². The average molecular weight is 826 g/mol. The summed E-state index contributed by atoms with van der Waals surface area (Å²) >= 11 is 7.51. The van der Waals surface area contributed by atoms with Crippen LogP contribution in [0.25, 0.3) is 0 Å². The summed E-state index contributed by atoms with van der Waals surface area (Å²) in [6.07, 6.45) is 7.69. The number of ether oxygens (including phenoxy) is 1. The molecule has 0 bridgehead atoms. The number of nitrogens with zero attached hydrogens (tertiary/aromatic N) is 7. The van der Waals surface area contributed by atoms with E-state index in [1.165, 1.54) is 11.3 Å². The zero-order valence-corrected chi connectivity index (χ0v) is 33.5. The van der Waals surface area contributed by atoms with Gasteiger partial charge in [0, 0.05) is 61.9 Å². The summed E-state index contributed by atoms with van der Waals surface area (Å²) in [7, 11) is 0. The number of rotatable bonds is 8. The van der Waals surface area contributed by atoms with Crippen LogP contribution in [-0.2, 0) is 9.59 Å². The molecule has 1 atom stereocenters. The number of nitriles is 1. The lowest BCUT2D eigenvalue weighted by Gasteiger charge is -2.55. The van der Waals surface area contributed by atoms with Crippen molar-refractivity contribution in [2.75, 3.05) is 49.1 Å². The van der Waals surface area contributed by atoms with Crippen LogP contribution in [0.5, 0.6) is 5.75 Å². The minimum Gasteiger partial charge on any atom is -0.490 e. The predicted octanol–water partition coefficient (Wildman–Crippen LogP) is 4.16. The molecule has 302 valence electrons. The molecule has 3 aromatic rings. The van der Waals surface area contributed by atoms with Gasteiger partial charge >= 0.3 is 0 Å². The fourth-order valence-corrected chi connectivity index (χ4v) is 10.5. The highest BCUT2D eigenvalue weighted by molar-refractivity contribution is 7.17. The van der Waals surface area contributed by atoms with Gasteiger partial charge in [-0.05, 0) is 101 Å². The van der Waals surface area contributed by atoms with Crippen LogP contribution in [-0.4, -0.2) is 113 Å². The summed E-state index contributed by atoms with van der Waals surface area (Å²) < 4.78 is 6.09. The predicted molar refractivity (Wildman–Crippen MR) is 214 cm³/mol. The van der Waals surface area contributed by atoms with Gasteiger partial charge in [0.15, 0.2) is 0 Å². The van der Waals surface area contributed by atoms with Gasteiger partial charge in [-0.25, -0.2) is 0 Å². The van der Waals surface area contributed by atoms with Crippen LogP contribution in [0.1, 0.15) is 100 Å². The Morgan fingerprint density at radius 2 is 1.64 bits per heavy atom. The number of imide groups is 2. The highest BCUT2D eigenvalue weighted by Crippen LogP contribution is 2.44. The van der Waals surface area contributed by atoms with Crippen LogP contribution in [0.2, 0.25) is 5.02 Å². The van der Waals surface area contributed by atoms with Gasteiger partial charge in [0.05, 0.1) is 27.8 Å². The Morgan fingerprint density at radius 3 is 2.34 bits per heavy atom. The molecular formula is C41H44ClN9O6S. The first kappa shape index (κ1) is 38.4. The lowest BCUT2D eigenvalue weighted by molar-refractivity contribution is -0.136. The van der Waals surface area contributed by atoms with Crippen molar-refractivity contribution in [1.29, 1.82) is 5.26 Å². The van der Waals surface area contributed by atoms with Gasteiger partial charge in [0.25, 0.3) is 17.7 Å². The largest absolute Gasteiger partial charge is 0.490 e. The molecular weight excluding hydrogens is 782 g/mol. The van der Waals surface area contributed by atoms with E-state index in [0.717, 1.165) is 106 Å². The summed E-state index contributed by atoms with van der Waals surface area (Å²) in [5.41, 5.74) is 2.18. The monoisotopic (exact) mass is 825 g/mol. The summed E-state index contributed by atoms with van der Waals surface area (Å²) in [6.45, 7) is 5.62. The fraction of sp³-hybridized carbons (Fsp3) is 0.512. The SMILES string of the molecule is N#Cc1ccc(O[C@H]2CC[C@H](NC(=O)c3nnc(N4CC5(CCN(C6CCN(c7ccc8c(c7)C(=O)N(C7CCC(=O)NC7=O)C8=O)CC6)CC5)C4)s3)CC2)cc1Cl. The second kappa shape index (κ2) is 15.6. The van der Waals surface area contributed by atoms with Crippen molar-refractivity contribution in [3.8, 4) is 11.8 Å². The van der Waals surface area contributed by atoms with Crippen molar-refractivity contribution < 1.29 is 28.7 Å². The Balaban J connectivity index is 0.704. The highest BCUT2D eigenvalue weighted by atomic mass is 35.5. The molecule has 2 aromatic carbocycles. The Hall–Kier alpha value is -5.11. The third-order valence-corrected chi connectivity index (χ3v) is 14.2. The maximum atomic E-state index is 13.4. The number of hydrogen-bond donors (Lipinski definition) is 2. The first-order valence-corrected chi connectivity index (χ1v) is 21.4. The summed E-state index contributed by atoms with van der Waals surface area (Å²) in [6, 6.07) is 12.1. The maximum Gasteiger partial charge on any atom is 0.282 e. The van der Waals surface area contributed by atoms with Gasteiger partial charge in [0.1, 0.15) is 17.9 Å². The number of halogens is 1. The van der Waals surface area contributed by atoms with Crippen molar-refractivity contribution in [2.45, 2.75) is 88.4 Å². The topological polar surface area (TPSA) is 181 Å². The molecule has 5 fully saturated rings. The lowest BCUT2D eigenvalue weighted by Crippen LogP contribution is -2.61. The fourth-order valence-electron chi connectivity index (χ4n) is 9.58. The van der Waals surface area contributed by atoms with Gasteiger partial charge < -0.3 is 24.8 Å². The van der Waals surface area contributed by atoms with E-state index in [0.29, 0.717) is 38.5 Å². The molecule has 0 radical (unpaired) electrons. The van der Waals surface area contributed by atoms with Crippen LogP contribution in [0.4, 0.5) is 10.8 Å². The van der Waals surface area contributed by atoms with E-state index in [1.807, 2.05) is 6.07 Å². The Bertz CT molecular complexity index is 2190. The van der Waals surface area contributed by atoms with Crippen LogP contribution in [0.15, 0.2) is 36.4 Å². The van der Waals surface area contributed by atoms with Crippen molar-refractivity contribution in [3.05, 3.63) is 63.1 Å². The third kappa shape index (κ3) is 7.39. The first-order valence-electron chi connectivity index (χ1n) is 20.2. The molecule has 58 heavy (non-hydrogen) atoms. The second-order valence-corrected chi connectivity index (χ2v) is 17.9. The number of carbonyl (C=O) groups excluding carboxylic acids is 5. The summed E-state index contributed by atoms with van der Waals surface area (Å²) in [5, 5.41) is 24.7. The van der Waals surface area contributed by atoms with Crippen LogP contribution >= 0.6 is 22.9 Å². The highest BCUT2D eigenvalue weighted by Gasteiger charge is 2.48. The van der Waals surface area contributed by atoms with E-state index in [2.05, 4.69) is 41.6 Å². The quantitative estimate of drug-likeness (QED) is 0.310. The number of anilines is 2. The standard InChI is InChI=1S/C41H44ClN9O6S/c42-32-20-29(5-1-24(32)21-43)57-28-6-2-25(3-7-28)44-36(54)37-46-47-40(58-37)50-22-41(23-50)13-17-49(18-14-41)26-11-15-48(16-12-26)27-4-8-30-31(19-27)39(56)51(38(30)55)33-9-10-34(52)45-35(33)53/h1,4-5,8,19-20,25-26,28,33H,2-3,6-7,9-18,22-23H2,(H,44,54)(H,45,52,53)/t25-,28-,33?. The molecule has 2 N–H and O–H groups in total. The molecule has 4 saturated heterocycles. The molecule has 6 aliphatic rings. The zero-order valence-electron chi connectivity index (χ0n) is 32.0. The smallest absolute Gasteiger partial charge is 0.282 e. The maximum absolute atomic E-state index is 13.4. The number of aromatic nitrogens is 2. The number of amides is 5. The first-order chi connectivity index (χ1) is 28.1. The van der Waals surface area contributed by atoms with Crippen molar-refractivity contribution >= 4 is 63.3 Å². The van der Waals surface area contributed by atoms with E-state index >= 15 is 0 Å². The minimum atomic E-state index is -0.972. The molecule has 15 nitrogen and oxygen atoms in total. The molecule has 1 aromatic heterocycles. The Morgan fingerprint density at radius 1 is 0.897 bits per heavy atom. The Labute approximate surface area is 344 Å². The van der Waals surface area contributed by atoms with Gasteiger partial charge in [-0.1, -0.05) is 22.9 Å². The molecule has 9 rings (SSSR count). The van der Waals surface area contributed by atoms with Gasteiger partial charge in [0.2, 0.25) is 22.0 Å². The average Bonchev–Trinajstić information content (AvgIpc) is 3.80. The molecule has 6 heterocycles. The number of fused-ring (bicyclic) bond motifs is 1. The number of nitrogens with one attached hydrogen (secondary N) is 2.